The van der Waals surface area contributed by atoms with E-state index in [1.54, 1.807) is 16.2 Å². The number of aliphatic hydroxyl groups excluding tert-OH is 2. The summed E-state index contributed by atoms with van der Waals surface area (Å²) < 4.78 is 5.51. The van der Waals surface area contributed by atoms with Gasteiger partial charge in [0, 0.05) is 31.1 Å². The number of carbonyl (C=O) groups excluding carboxylic acids is 2. The maximum absolute atomic E-state index is 12.7. The second kappa shape index (κ2) is 10.1. The zero-order chi connectivity index (χ0) is 22.5. The van der Waals surface area contributed by atoms with Gasteiger partial charge >= 0.3 is 0 Å². The number of piperidine rings is 1. The van der Waals surface area contributed by atoms with Crippen LogP contribution >= 0.6 is 11.3 Å². The van der Waals surface area contributed by atoms with Crippen LogP contribution in [0.25, 0.3) is 11.5 Å². The van der Waals surface area contributed by atoms with Gasteiger partial charge in [0.2, 0.25) is 11.8 Å². The van der Waals surface area contributed by atoms with Crippen LogP contribution in [0.5, 0.6) is 0 Å². The minimum atomic E-state index is -0.601. The highest BCUT2D eigenvalue weighted by Gasteiger charge is 2.31. The van der Waals surface area contributed by atoms with Gasteiger partial charge in [0.25, 0.3) is 5.91 Å². The molecule has 0 saturated carbocycles. The van der Waals surface area contributed by atoms with Crippen LogP contribution in [0.15, 0.2) is 51.8 Å². The Morgan fingerprint density at radius 3 is 2.75 bits per heavy atom. The van der Waals surface area contributed by atoms with Crippen LogP contribution in [-0.2, 0) is 17.8 Å². The number of aliphatic hydroxyl groups is 2. The largest absolute Gasteiger partial charge is 0.444 e. The average molecular weight is 456 g/mol. The number of nitrogens with one attached hydrogen (secondary N) is 1. The van der Waals surface area contributed by atoms with Crippen molar-refractivity contribution < 1.29 is 24.2 Å². The summed E-state index contributed by atoms with van der Waals surface area (Å²) in [6.45, 7) is 0.943. The smallest absolute Gasteiger partial charge is 0.275 e. The molecule has 1 aliphatic heterocycles. The maximum atomic E-state index is 12.7. The van der Waals surface area contributed by atoms with Gasteiger partial charge in [0.1, 0.15) is 6.26 Å². The first kappa shape index (κ1) is 22.2. The minimum absolute atomic E-state index is 0.0306. The fourth-order valence-electron chi connectivity index (χ4n) is 3.66. The number of carbonyl (C=O) groups is 2. The SMILES string of the molecule is O=C(Cc1ccsc1)NCc1ccc(-c2nc(C(=O)N3CC[C@H](O)[C@H](CO)C3)co2)cc1. The molecule has 3 aromatic rings. The molecule has 0 radical (unpaired) electrons. The van der Waals surface area contributed by atoms with Crippen molar-refractivity contribution in [2.75, 3.05) is 19.7 Å². The van der Waals surface area contributed by atoms with Crippen LogP contribution in [0.2, 0.25) is 0 Å². The van der Waals surface area contributed by atoms with Crippen molar-refractivity contribution >= 4 is 23.2 Å². The summed E-state index contributed by atoms with van der Waals surface area (Å²) in [7, 11) is 0. The Labute approximate surface area is 189 Å². The molecule has 3 heterocycles. The van der Waals surface area contributed by atoms with Crippen molar-refractivity contribution in [3.63, 3.8) is 0 Å². The standard InChI is InChI=1S/C23H25N3O5S/c27-12-18-11-26(7-5-20(18)28)23(30)19-13-31-22(25-19)17-3-1-15(2-4-17)10-24-21(29)9-16-6-8-32-14-16/h1-4,6,8,13-14,18,20,27-28H,5,7,9-12H2,(H,24,29)/t18-,20-/m0/s1. The van der Waals surface area contributed by atoms with Crippen molar-refractivity contribution in [1.29, 1.82) is 0 Å². The summed E-state index contributed by atoms with van der Waals surface area (Å²) in [6, 6.07) is 9.36. The number of amides is 2. The molecule has 1 saturated heterocycles. The molecular weight excluding hydrogens is 430 g/mol. The van der Waals surface area contributed by atoms with E-state index in [1.807, 2.05) is 41.1 Å². The molecule has 9 heteroatoms. The first-order valence-electron chi connectivity index (χ1n) is 10.4. The Morgan fingerprint density at radius 1 is 1.22 bits per heavy atom. The number of thiophene rings is 1. The Morgan fingerprint density at radius 2 is 2.03 bits per heavy atom. The monoisotopic (exact) mass is 455 g/mol. The Hall–Kier alpha value is -3.01. The summed E-state index contributed by atoms with van der Waals surface area (Å²) in [5, 5.41) is 26.1. The number of likely N-dealkylation sites (tertiary alicyclic amines) is 1. The normalized spacial score (nSPS) is 18.5. The summed E-state index contributed by atoms with van der Waals surface area (Å²) >= 11 is 1.57. The Bertz CT molecular complexity index is 1050. The zero-order valence-corrected chi connectivity index (χ0v) is 18.3. The van der Waals surface area contributed by atoms with Crippen molar-refractivity contribution in [3.8, 4) is 11.5 Å². The lowest BCUT2D eigenvalue weighted by Gasteiger charge is -2.34. The molecule has 1 aromatic carbocycles. The highest BCUT2D eigenvalue weighted by atomic mass is 32.1. The summed E-state index contributed by atoms with van der Waals surface area (Å²) in [4.78, 5) is 30.7. The van der Waals surface area contributed by atoms with Gasteiger partial charge in [-0.05, 0) is 46.5 Å². The van der Waals surface area contributed by atoms with Gasteiger partial charge in [-0.3, -0.25) is 9.59 Å². The Kier molecular flexibility index (Phi) is 6.99. The van der Waals surface area contributed by atoms with E-state index in [-0.39, 0.29) is 36.6 Å². The summed E-state index contributed by atoms with van der Waals surface area (Å²) in [5.74, 6) is -0.332. The van der Waals surface area contributed by atoms with Crippen LogP contribution in [0.3, 0.4) is 0 Å². The van der Waals surface area contributed by atoms with Gasteiger partial charge in [0.15, 0.2) is 5.69 Å². The molecule has 2 amide bonds. The van der Waals surface area contributed by atoms with E-state index < -0.39 is 6.10 Å². The maximum Gasteiger partial charge on any atom is 0.275 e. The first-order valence-corrected chi connectivity index (χ1v) is 11.4. The molecule has 32 heavy (non-hydrogen) atoms. The number of oxazole rings is 1. The number of nitrogens with zero attached hydrogens (tertiary/aromatic N) is 2. The van der Waals surface area contributed by atoms with E-state index in [9.17, 15) is 19.8 Å². The quantitative estimate of drug-likeness (QED) is 0.502. The predicted octanol–water partition coefficient (Wildman–Crippen LogP) is 2.08. The Balaban J connectivity index is 1.33. The number of benzene rings is 1. The second-order valence-electron chi connectivity index (χ2n) is 7.87. The molecule has 0 unspecified atom stereocenters. The topological polar surface area (TPSA) is 116 Å². The third-order valence-corrected chi connectivity index (χ3v) is 6.31. The summed E-state index contributed by atoms with van der Waals surface area (Å²) in [6.07, 6.45) is 1.52. The molecule has 0 aliphatic carbocycles. The third kappa shape index (κ3) is 5.24. The average Bonchev–Trinajstić information content (AvgIpc) is 3.50. The molecule has 2 atom stereocenters. The van der Waals surface area contributed by atoms with Gasteiger partial charge in [-0.2, -0.15) is 11.3 Å². The molecular formula is C23H25N3O5S. The van der Waals surface area contributed by atoms with Crippen molar-refractivity contribution in [3.05, 3.63) is 64.2 Å². The van der Waals surface area contributed by atoms with E-state index in [1.165, 1.54) is 6.26 Å². The number of hydrogen-bond donors (Lipinski definition) is 3. The first-order chi connectivity index (χ1) is 15.5. The van der Waals surface area contributed by atoms with Crippen LogP contribution in [-0.4, -0.2) is 57.7 Å². The zero-order valence-electron chi connectivity index (χ0n) is 17.4. The molecule has 0 bridgehead atoms. The van der Waals surface area contributed by atoms with Gasteiger partial charge in [0.05, 0.1) is 19.1 Å². The highest BCUT2D eigenvalue weighted by Crippen LogP contribution is 2.22. The van der Waals surface area contributed by atoms with Gasteiger partial charge in [-0.1, -0.05) is 12.1 Å². The van der Waals surface area contributed by atoms with E-state index in [0.29, 0.717) is 31.8 Å². The van der Waals surface area contributed by atoms with E-state index in [0.717, 1.165) is 16.7 Å². The summed E-state index contributed by atoms with van der Waals surface area (Å²) in [5.41, 5.74) is 2.86. The number of aromatic nitrogens is 1. The molecule has 168 valence electrons. The fraction of sp³-hybridized carbons (Fsp3) is 0.348. The van der Waals surface area contributed by atoms with Gasteiger partial charge in [-0.25, -0.2) is 4.98 Å². The van der Waals surface area contributed by atoms with Gasteiger partial charge in [-0.15, -0.1) is 0 Å². The molecule has 1 fully saturated rings. The predicted molar refractivity (Wildman–Crippen MR) is 119 cm³/mol. The van der Waals surface area contributed by atoms with Crippen LogP contribution in [0.4, 0.5) is 0 Å². The van der Waals surface area contributed by atoms with Crippen LogP contribution in [0.1, 0.15) is 28.0 Å². The van der Waals surface area contributed by atoms with Crippen molar-refractivity contribution in [1.82, 2.24) is 15.2 Å². The second-order valence-corrected chi connectivity index (χ2v) is 8.65. The molecule has 0 spiro atoms. The van der Waals surface area contributed by atoms with E-state index in [2.05, 4.69) is 10.3 Å². The molecule has 1 aliphatic rings. The molecule has 3 N–H and O–H groups in total. The fourth-order valence-corrected chi connectivity index (χ4v) is 4.33. The lowest BCUT2D eigenvalue weighted by atomic mass is 9.95. The van der Waals surface area contributed by atoms with Crippen molar-refractivity contribution in [2.45, 2.75) is 25.5 Å². The van der Waals surface area contributed by atoms with Gasteiger partial charge < -0.3 is 24.8 Å². The highest BCUT2D eigenvalue weighted by molar-refractivity contribution is 7.08. The van der Waals surface area contributed by atoms with Crippen LogP contribution < -0.4 is 5.32 Å². The van der Waals surface area contributed by atoms with Crippen LogP contribution in [0, 0.1) is 5.92 Å². The lowest BCUT2D eigenvalue weighted by Crippen LogP contribution is -2.47. The molecule has 8 nitrogen and oxygen atoms in total. The van der Waals surface area contributed by atoms with E-state index in [4.69, 9.17) is 4.42 Å². The molecule has 2 aromatic heterocycles. The lowest BCUT2D eigenvalue weighted by molar-refractivity contribution is -0.120. The minimum Gasteiger partial charge on any atom is -0.444 e. The number of rotatable bonds is 7. The van der Waals surface area contributed by atoms with Crippen molar-refractivity contribution in [2.24, 2.45) is 5.92 Å². The number of hydrogen-bond acceptors (Lipinski definition) is 7. The third-order valence-electron chi connectivity index (χ3n) is 5.57. The van der Waals surface area contributed by atoms with E-state index >= 15 is 0 Å². The molecule has 4 rings (SSSR count).